The first-order valence-electron chi connectivity index (χ1n) is 5.51. The predicted octanol–water partition coefficient (Wildman–Crippen LogP) is 3.20. The summed E-state index contributed by atoms with van der Waals surface area (Å²) >= 11 is 0. The number of aromatic amines is 1. The van der Waals surface area contributed by atoms with Crippen LogP contribution in [-0.4, -0.2) is 4.98 Å². The Morgan fingerprint density at radius 1 is 0.824 bits per heavy atom. The molecular formula is C15H11NO. The summed E-state index contributed by atoms with van der Waals surface area (Å²) in [5, 5.41) is 2.40. The smallest absolute Gasteiger partial charge is 0.247 e. The van der Waals surface area contributed by atoms with Crippen LogP contribution in [0, 0.1) is 0 Å². The minimum atomic E-state index is -0.0750. The molecule has 0 bridgehead atoms. The Kier molecular flexibility index (Phi) is 2.26. The van der Waals surface area contributed by atoms with Crippen LogP contribution in [0.15, 0.2) is 65.6 Å². The van der Waals surface area contributed by atoms with Crippen molar-refractivity contribution >= 4 is 10.8 Å². The van der Waals surface area contributed by atoms with Crippen LogP contribution < -0.4 is 5.56 Å². The second kappa shape index (κ2) is 3.91. The van der Waals surface area contributed by atoms with Gasteiger partial charge in [0, 0.05) is 12.3 Å². The number of rotatable bonds is 1. The van der Waals surface area contributed by atoms with Crippen molar-refractivity contribution in [1.29, 1.82) is 0 Å². The molecule has 0 amide bonds. The molecule has 82 valence electrons. The standard InChI is InChI=1S/C15H11NO/c17-15-9-8-12(10-16-15)14-7-3-5-11-4-1-2-6-13(11)14/h1-10H,(H,16,17). The number of benzene rings is 2. The molecule has 0 atom stereocenters. The van der Waals surface area contributed by atoms with Gasteiger partial charge in [0.05, 0.1) is 0 Å². The Labute approximate surface area is 98.6 Å². The molecule has 2 aromatic carbocycles. The number of aromatic nitrogens is 1. The lowest BCUT2D eigenvalue weighted by atomic mass is 10.00. The summed E-state index contributed by atoms with van der Waals surface area (Å²) in [5.74, 6) is 0. The van der Waals surface area contributed by atoms with Crippen LogP contribution >= 0.6 is 0 Å². The van der Waals surface area contributed by atoms with Gasteiger partial charge in [-0.25, -0.2) is 0 Å². The largest absolute Gasteiger partial charge is 0.328 e. The van der Waals surface area contributed by atoms with E-state index >= 15 is 0 Å². The first kappa shape index (κ1) is 9.85. The maximum absolute atomic E-state index is 11.1. The first-order chi connectivity index (χ1) is 8.34. The molecule has 2 heteroatoms. The van der Waals surface area contributed by atoms with E-state index < -0.39 is 0 Å². The van der Waals surface area contributed by atoms with E-state index in [9.17, 15) is 4.79 Å². The Balaban J connectivity index is 2.30. The number of hydrogen-bond donors (Lipinski definition) is 1. The third-order valence-electron chi connectivity index (χ3n) is 2.88. The van der Waals surface area contributed by atoms with Gasteiger partial charge in [-0.15, -0.1) is 0 Å². The Bertz CT molecular complexity index is 702. The number of fused-ring (bicyclic) bond motifs is 1. The van der Waals surface area contributed by atoms with Gasteiger partial charge < -0.3 is 4.98 Å². The maximum atomic E-state index is 11.1. The summed E-state index contributed by atoms with van der Waals surface area (Å²) in [6.45, 7) is 0. The van der Waals surface area contributed by atoms with Crippen molar-refractivity contribution in [3.8, 4) is 11.1 Å². The van der Waals surface area contributed by atoms with Crippen LogP contribution in [0.4, 0.5) is 0 Å². The van der Waals surface area contributed by atoms with E-state index in [4.69, 9.17) is 0 Å². The van der Waals surface area contributed by atoms with Crippen molar-refractivity contribution in [1.82, 2.24) is 4.98 Å². The zero-order valence-corrected chi connectivity index (χ0v) is 9.18. The fourth-order valence-electron chi connectivity index (χ4n) is 2.06. The zero-order valence-electron chi connectivity index (χ0n) is 9.18. The third kappa shape index (κ3) is 1.74. The van der Waals surface area contributed by atoms with E-state index in [1.807, 2.05) is 24.3 Å². The van der Waals surface area contributed by atoms with E-state index in [1.54, 1.807) is 12.3 Å². The average molecular weight is 221 g/mol. The van der Waals surface area contributed by atoms with Crippen LogP contribution in [-0.2, 0) is 0 Å². The van der Waals surface area contributed by atoms with Crippen molar-refractivity contribution in [3.63, 3.8) is 0 Å². The van der Waals surface area contributed by atoms with E-state index in [0.29, 0.717) is 0 Å². The fraction of sp³-hybridized carbons (Fsp3) is 0. The second-order valence-corrected chi connectivity index (χ2v) is 3.97. The van der Waals surface area contributed by atoms with Gasteiger partial charge in [0.2, 0.25) is 5.56 Å². The second-order valence-electron chi connectivity index (χ2n) is 3.97. The van der Waals surface area contributed by atoms with E-state index in [0.717, 1.165) is 11.1 Å². The molecule has 0 fully saturated rings. The minimum absolute atomic E-state index is 0.0750. The molecule has 1 heterocycles. The highest BCUT2D eigenvalue weighted by Gasteiger charge is 2.02. The van der Waals surface area contributed by atoms with Crippen LogP contribution in [0.3, 0.4) is 0 Å². The number of pyridine rings is 1. The maximum Gasteiger partial charge on any atom is 0.247 e. The van der Waals surface area contributed by atoms with Crippen molar-refractivity contribution in [2.75, 3.05) is 0 Å². The number of nitrogens with one attached hydrogen (secondary N) is 1. The molecular weight excluding hydrogens is 210 g/mol. The molecule has 17 heavy (non-hydrogen) atoms. The zero-order chi connectivity index (χ0) is 11.7. The van der Waals surface area contributed by atoms with Gasteiger partial charge in [-0.2, -0.15) is 0 Å². The lowest BCUT2D eigenvalue weighted by Gasteiger charge is -2.05. The molecule has 0 saturated heterocycles. The van der Waals surface area contributed by atoms with E-state index in [1.165, 1.54) is 10.8 Å². The highest BCUT2D eigenvalue weighted by Crippen LogP contribution is 2.27. The van der Waals surface area contributed by atoms with Gasteiger partial charge in [0.15, 0.2) is 0 Å². The molecule has 0 unspecified atom stereocenters. The predicted molar refractivity (Wildman–Crippen MR) is 70.0 cm³/mol. The average Bonchev–Trinajstić information content (AvgIpc) is 2.39. The molecule has 0 saturated carbocycles. The molecule has 0 aliphatic rings. The molecule has 1 N–H and O–H groups in total. The summed E-state index contributed by atoms with van der Waals surface area (Å²) in [6.07, 6.45) is 1.75. The summed E-state index contributed by atoms with van der Waals surface area (Å²) in [4.78, 5) is 13.8. The van der Waals surface area contributed by atoms with Gasteiger partial charge in [0.25, 0.3) is 0 Å². The molecule has 0 aliphatic heterocycles. The van der Waals surface area contributed by atoms with Crippen LogP contribution in [0.25, 0.3) is 21.9 Å². The summed E-state index contributed by atoms with van der Waals surface area (Å²) in [7, 11) is 0. The van der Waals surface area contributed by atoms with Crippen LogP contribution in [0.2, 0.25) is 0 Å². The van der Waals surface area contributed by atoms with E-state index in [-0.39, 0.29) is 5.56 Å². The minimum Gasteiger partial charge on any atom is -0.328 e. The van der Waals surface area contributed by atoms with Crippen molar-refractivity contribution in [2.24, 2.45) is 0 Å². The molecule has 0 radical (unpaired) electrons. The highest BCUT2D eigenvalue weighted by molar-refractivity contribution is 5.96. The fourth-order valence-corrected chi connectivity index (χ4v) is 2.06. The highest BCUT2D eigenvalue weighted by atomic mass is 16.1. The summed E-state index contributed by atoms with van der Waals surface area (Å²) in [5.41, 5.74) is 2.09. The normalized spacial score (nSPS) is 10.6. The van der Waals surface area contributed by atoms with Crippen LogP contribution in [0.1, 0.15) is 0 Å². The molecule has 2 nitrogen and oxygen atoms in total. The first-order valence-corrected chi connectivity index (χ1v) is 5.51. The molecule has 3 rings (SSSR count). The van der Waals surface area contributed by atoms with Gasteiger partial charge in [-0.1, -0.05) is 42.5 Å². The van der Waals surface area contributed by atoms with Gasteiger partial charge in [0.1, 0.15) is 0 Å². The van der Waals surface area contributed by atoms with Gasteiger partial charge in [-0.3, -0.25) is 4.79 Å². The lowest BCUT2D eigenvalue weighted by Crippen LogP contribution is -2.01. The lowest BCUT2D eigenvalue weighted by molar-refractivity contribution is 1.24. The Morgan fingerprint density at radius 2 is 1.65 bits per heavy atom. The summed E-state index contributed by atoms with van der Waals surface area (Å²) in [6, 6.07) is 17.8. The number of H-pyrrole nitrogens is 1. The SMILES string of the molecule is O=c1ccc(-c2cccc3ccccc23)c[nH]1. The van der Waals surface area contributed by atoms with Gasteiger partial charge >= 0.3 is 0 Å². The van der Waals surface area contributed by atoms with E-state index in [2.05, 4.69) is 29.2 Å². The Hall–Kier alpha value is -2.35. The number of hydrogen-bond acceptors (Lipinski definition) is 1. The third-order valence-corrected chi connectivity index (χ3v) is 2.88. The van der Waals surface area contributed by atoms with Gasteiger partial charge in [-0.05, 0) is 28.0 Å². The molecule has 3 aromatic rings. The molecule has 0 aliphatic carbocycles. The molecule has 1 aromatic heterocycles. The van der Waals surface area contributed by atoms with Crippen molar-refractivity contribution < 1.29 is 0 Å². The quantitative estimate of drug-likeness (QED) is 0.672. The van der Waals surface area contributed by atoms with Crippen LogP contribution in [0.5, 0.6) is 0 Å². The van der Waals surface area contributed by atoms with Crippen molar-refractivity contribution in [2.45, 2.75) is 0 Å². The monoisotopic (exact) mass is 221 g/mol. The summed E-state index contributed by atoms with van der Waals surface area (Å²) < 4.78 is 0. The Morgan fingerprint density at radius 3 is 2.47 bits per heavy atom. The topological polar surface area (TPSA) is 32.9 Å². The van der Waals surface area contributed by atoms with Crippen molar-refractivity contribution in [3.05, 3.63) is 71.1 Å². The molecule has 0 spiro atoms.